The lowest BCUT2D eigenvalue weighted by atomic mass is 10.1. The number of nitrogens with one attached hydrogen (secondary N) is 1. The van der Waals surface area contributed by atoms with Crippen molar-refractivity contribution in [3.8, 4) is 0 Å². The lowest BCUT2D eigenvalue weighted by molar-refractivity contribution is -0.137. The summed E-state index contributed by atoms with van der Waals surface area (Å²) in [6.07, 6.45) is -4.60. The molecule has 0 saturated heterocycles. The van der Waals surface area contributed by atoms with Crippen molar-refractivity contribution in [2.24, 2.45) is 0 Å². The predicted octanol–water partition coefficient (Wildman–Crippen LogP) is 4.31. The van der Waals surface area contributed by atoms with Crippen LogP contribution in [0.25, 0.3) is 0 Å². The molecule has 1 amide bonds. The number of amides is 1. The Labute approximate surface area is 124 Å². The Morgan fingerprint density at radius 3 is 2.45 bits per heavy atom. The quantitative estimate of drug-likeness (QED) is 0.916. The summed E-state index contributed by atoms with van der Waals surface area (Å²) in [6.45, 7) is 3.20. The van der Waals surface area contributed by atoms with Gasteiger partial charge in [0.15, 0.2) is 0 Å². The second-order valence-corrected chi connectivity index (χ2v) is 4.61. The van der Waals surface area contributed by atoms with Gasteiger partial charge in [-0.2, -0.15) is 13.2 Å². The fourth-order valence-corrected chi connectivity index (χ4v) is 1.72. The van der Waals surface area contributed by atoms with E-state index in [1.807, 2.05) is 0 Å². The predicted molar refractivity (Wildman–Crippen MR) is 71.2 cm³/mol. The van der Waals surface area contributed by atoms with Crippen molar-refractivity contribution in [3.63, 3.8) is 0 Å². The molecule has 0 aliphatic rings. The molecule has 0 aliphatic carbocycles. The molecule has 0 aliphatic heterocycles. The van der Waals surface area contributed by atoms with Gasteiger partial charge in [0.25, 0.3) is 0 Å². The summed E-state index contributed by atoms with van der Waals surface area (Å²) in [7, 11) is 0. The molecule has 2 rings (SSSR count). The molecular formula is C14H13F3N2O3. The summed E-state index contributed by atoms with van der Waals surface area (Å²) in [4.78, 5) is 11.7. The monoisotopic (exact) mass is 314 g/mol. The van der Waals surface area contributed by atoms with Gasteiger partial charge < -0.3 is 9.26 Å². The van der Waals surface area contributed by atoms with Crippen molar-refractivity contribution in [1.82, 2.24) is 5.16 Å². The zero-order chi connectivity index (χ0) is 16.3. The molecule has 0 spiro atoms. The number of aryl methyl sites for hydroxylation is 1. The van der Waals surface area contributed by atoms with Crippen LogP contribution in [-0.2, 0) is 10.9 Å². The smallest absolute Gasteiger partial charge is 0.416 e. The molecule has 1 heterocycles. The van der Waals surface area contributed by atoms with Crippen LogP contribution in [0.15, 0.2) is 35.1 Å². The molecule has 1 unspecified atom stereocenters. The Morgan fingerprint density at radius 2 is 1.95 bits per heavy atom. The van der Waals surface area contributed by atoms with Gasteiger partial charge in [-0.05, 0) is 31.5 Å². The number of nitrogens with zero attached hydrogens (tertiary/aromatic N) is 1. The Kier molecular flexibility index (Phi) is 4.39. The van der Waals surface area contributed by atoms with E-state index in [1.54, 1.807) is 13.8 Å². The highest BCUT2D eigenvalue weighted by Gasteiger charge is 2.30. The first-order valence-corrected chi connectivity index (χ1v) is 6.33. The van der Waals surface area contributed by atoms with Crippen LogP contribution in [0.5, 0.6) is 0 Å². The van der Waals surface area contributed by atoms with Crippen LogP contribution in [0.4, 0.5) is 23.7 Å². The van der Waals surface area contributed by atoms with Gasteiger partial charge in [-0.1, -0.05) is 17.3 Å². The first-order valence-electron chi connectivity index (χ1n) is 6.33. The Hall–Kier alpha value is -2.51. The molecule has 22 heavy (non-hydrogen) atoms. The van der Waals surface area contributed by atoms with Crippen molar-refractivity contribution in [3.05, 3.63) is 47.3 Å². The molecule has 1 N–H and O–H groups in total. The van der Waals surface area contributed by atoms with E-state index < -0.39 is 23.9 Å². The molecule has 1 aromatic carbocycles. The third-order valence-electron chi connectivity index (χ3n) is 2.98. The number of rotatable bonds is 3. The van der Waals surface area contributed by atoms with Crippen LogP contribution in [0, 0.1) is 6.92 Å². The fraction of sp³-hybridized carbons (Fsp3) is 0.286. The summed E-state index contributed by atoms with van der Waals surface area (Å²) in [5.41, 5.74) is 0.543. The maximum atomic E-state index is 12.5. The van der Waals surface area contributed by atoms with Crippen LogP contribution in [0.3, 0.4) is 0 Å². The highest BCUT2D eigenvalue weighted by molar-refractivity contribution is 5.85. The van der Waals surface area contributed by atoms with Gasteiger partial charge in [0.2, 0.25) is 0 Å². The average Bonchev–Trinajstić information content (AvgIpc) is 2.83. The lowest BCUT2D eigenvalue weighted by Gasteiger charge is -2.15. The summed E-state index contributed by atoms with van der Waals surface area (Å²) >= 11 is 0. The third-order valence-corrected chi connectivity index (χ3v) is 2.98. The second kappa shape index (κ2) is 6.08. The highest BCUT2D eigenvalue weighted by Crippen LogP contribution is 2.30. The van der Waals surface area contributed by atoms with Crippen LogP contribution in [0.1, 0.15) is 29.8 Å². The van der Waals surface area contributed by atoms with Crippen molar-refractivity contribution >= 4 is 11.8 Å². The molecule has 1 aromatic heterocycles. The highest BCUT2D eigenvalue weighted by atomic mass is 19.4. The van der Waals surface area contributed by atoms with E-state index in [1.165, 1.54) is 18.4 Å². The molecule has 2 aromatic rings. The van der Waals surface area contributed by atoms with Gasteiger partial charge in [0.05, 0.1) is 5.56 Å². The minimum atomic E-state index is -4.40. The number of carbonyl (C=O) groups excluding carboxylic acids is 1. The molecule has 0 saturated carbocycles. The number of hydrogen-bond donors (Lipinski definition) is 1. The minimum Gasteiger partial charge on any atom is -0.441 e. The molecular weight excluding hydrogens is 301 g/mol. The van der Waals surface area contributed by atoms with Gasteiger partial charge >= 0.3 is 12.3 Å². The summed E-state index contributed by atoms with van der Waals surface area (Å²) in [5, 5.41) is 6.02. The number of alkyl halides is 3. The third kappa shape index (κ3) is 3.78. The topological polar surface area (TPSA) is 64.4 Å². The zero-order valence-electron chi connectivity index (χ0n) is 11.8. The van der Waals surface area contributed by atoms with Crippen molar-refractivity contribution in [2.75, 3.05) is 5.32 Å². The average molecular weight is 314 g/mol. The first kappa shape index (κ1) is 15.9. The number of carbonyl (C=O) groups is 1. The van der Waals surface area contributed by atoms with Crippen LogP contribution in [-0.4, -0.2) is 11.2 Å². The van der Waals surface area contributed by atoms with E-state index in [-0.39, 0.29) is 0 Å². The van der Waals surface area contributed by atoms with E-state index in [4.69, 9.17) is 4.74 Å². The number of hydrogen-bond acceptors (Lipinski definition) is 4. The molecule has 8 heteroatoms. The SMILES string of the molecule is Cc1nocc1NC(=O)OC(C)c1ccc(C(F)(F)F)cc1. The molecule has 1 atom stereocenters. The van der Waals surface area contributed by atoms with Crippen molar-refractivity contribution < 1.29 is 27.2 Å². The summed E-state index contributed by atoms with van der Waals surface area (Å²) < 4.78 is 47.2. The van der Waals surface area contributed by atoms with E-state index in [9.17, 15) is 18.0 Å². The molecule has 0 bridgehead atoms. The van der Waals surface area contributed by atoms with Crippen LogP contribution in [0.2, 0.25) is 0 Å². The lowest BCUT2D eigenvalue weighted by Crippen LogP contribution is -2.16. The van der Waals surface area contributed by atoms with Crippen molar-refractivity contribution in [1.29, 1.82) is 0 Å². The summed E-state index contributed by atoms with van der Waals surface area (Å²) in [6, 6.07) is 4.42. The minimum absolute atomic E-state index is 0.365. The van der Waals surface area contributed by atoms with Crippen LogP contribution >= 0.6 is 0 Å². The van der Waals surface area contributed by atoms with Gasteiger partial charge in [-0.15, -0.1) is 0 Å². The molecule has 5 nitrogen and oxygen atoms in total. The van der Waals surface area contributed by atoms with Crippen molar-refractivity contribution in [2.45, 2.75) is 26.1 Å². The Balaban J connectivity index is 1.98. The Bertz CT molecular complexity index is 650. The van der Waals surface area contributed by atoms with Gasteiger partial charge in [0, 0.05) is 0 Å². The van der Waals surface area contributed by atoms with E-state index in [0.717, 1.165) is 12.1 Å². The molecule has 0 fully saturated rings. The standard InChI is InChI=1S/C14H13F3N2O3/c1-8-12(7-21-19-8)18-13(20)22-9(2)10-3-5-11(6-4-10)14(15,16)17/h3-7,9H,1-2H3,(H,18,20). The largest absolute Gasteiger partial charge is 0.441 e. The van der Waals surface area contributed by atoms with Gasteiger partial charge in [0.1, 0.15) is 23.7 Å². The Morgan fingerprint density at radius 1 is 1.32 bits per heavy atom. The van der Waals surface area contributed by atoms with Crippen LogP contribution < -0.4 is 5.32 Å². The number of halogens is 3. The normalized spacial score (nSPS) is 12.8. The maximum Gasteiger partial charge on any atom is 0.416 e. The van der Waals surface area contributed by atoms with E-state index >= 15 is 0 Å². The van der Waals surface area contributed by atoms with E-state index in [0.29, 0.717) is 16.9 Å². The number of ether oxygens (including phenoxy) is 1. The zero-order valence-corrected chi connectivity index (χ0v) is 11.8. The first-order chi connectivity index (χ1) is 10.3. The van der Waals surface area contributed by atoms with Gasteiger partial charge in [-0.3, -0.25) is 5.32 Å². The fourth-order valence-electron chi connectivity index (χ4n) is 1.72. The number of benzene rings is 1. The number of aromatic nitrogens is 1. The molecule has 118 valence electrons. The maximum absolute atomic E-state index is 12.5. The number of anilines is 1. The van der Waals surface area contributed by atoms with Gasteiger partial charge in [-0.25, -0.2) is 4.79 Å². The van der Waals surface area contributed by atoms with E-state index in [2.05, 4.69) is 15.0 Å². The molecule has 0 radical (unpaired) electrons. The second-order valence-electron chi connectivity index (χ2n) is 4.61. The summed E-state index contributed by atoms with van der Waals surface area (Å²) in [5.74, 6) is 0.